The zero-order chi connectivity index (χ0) is 11.7. The van der Waals surface area contributed by atoms with Gasteiger partial charge in [0.25, 0.3) is 0 Å². The van der Waals surface area contributed by atoms with E-state index < -0.39 is 5.97 Å². The van der Waals surface area contributed by atoms with Gasteiger partial charge in [-0.15, -0.1) is 11.3 Å². The van der Waals surface area contributed by atoms with Crippen LogP contribution >= 0.6 is 27.3 Å². The molecule has 88 valence electrons. The van der Waals surface area contributed by atoms with Crippen LogP contribution < -0.4 is 0 Å². The Labute approximate surface area is 107 Å². The van der Waals surface area contributed by atoms with Crippen molar-refractivity contribution < 1.29 is 9.90 Å². The molecule has 5 heteroatoms. The maximum atomic E-state index is 10.5. The zero-order valence-corrected chi connectivity index (χ0v) is 11.4. The molecule has 2 rings (SSSR count). The van der Waals surface area contributed by atoms with Gasteiger partial charge in [-0.3, -0.25) is 9.69 Å². The molecule has 0 aliphatic carbocycles. The van der Waals surface area contributed by atoms with E-state index in [0.29, 0.717) is 18.4 Å². The summed E-state index contributed by atoms with van der Waals surface area (Å²) in [7, 11) is 0. The molecule has 3 nitrogen and oxygen atoms in total. The van der Waals surface area contributed by atoms with Crippen LogP contribution in [0.25, 0.3) is 0 Å². The van der Waals surface area contributed by atoms with Gasteiger partial charge >= 0.3 is 5.97 Å². The topological polar surface area (TPSA) is 40.5 Å². The van der Waals surface area contributed by atoms with Crippen LogP contribution in [0.2, 0.25) is 0 Å². The molecule has 1 N–H and O–H groups in total. The highest BCUT2D eigenvalue weighted by molar-refractivity contribution is 9.10. The van der Waals surface area contributed by atoms with E-state index in [-0.39, 0.29) is 0 Å². The number of aliphatic carboxylic acids is 1. The van der Waals surface area contributed by atoms with Gasteiger partial charge in [0.15, 0.2) is 0 Å². The van der Waals surface area contributed by atoms with Crippen LogP contribution in [0.15, 0.2) is 15.9 Å². The lowest BCUT2D eigenvalue weighted by Gasteiger charge is -2.42. The molecule has 1 atom stereocenters. The van der Waals surface area contributed by atoms with Crippen molar-refractivity contribution in [1.82, 2.24) is 4.90 Å². The normalized spacial score (nSPS) is 19.4. The molecule has 0 saturated carbocycles. The third-order valence-corrected chi connectivity index (χ3v) is 4.86. The molecule has 0 amide bonds. The van der Waals surface area contributed by atoms with Gasteiger partial charge < -0.3 is 5.11 Å². The van der Waals surface area contributed by atoms with Crippen LogP contribution in [0.3, 0.4) is 0 Å². The Morgan fingerprint density at radius 1 is 1.75 bits per heavy atom. The monoisotopic (exact) mass is 303 g/mol. The molecule has 0 bridgehead atoms. The van der Waals surface area contributed by atoms with E-state index >= 15 is 0 Å². The fourth-order valence-electron chi connectivity index (χ4n) is 2.03. The summed E-state index contributed by atoms with van der Waals surface area (Å²) in [6.45, 7) is 3.99. The first-order valence-corrected chi connectivity index (χ1v) is 6.93. The molecule has 0 aromatic carbocycles. The van der Waals surface area contributed by atoms with Gasteiger partial charge in [-0.2, -0.15) is 0 Å². The van der Waals surface area contributed by atoms with Gasteiger partial charge in [-0.05, 0) is 34.8 Å². The molecule has 1 aromatic rings. The Bertz CT molecular complexity index is 387. The average molecular weight is 304 g/mol. The van der Waals surface area contributed by atoms with Gasteiger partial charge in [0, 0.05) is 33.9 Å². The Balaban J connectivity index is 1.85. The third kappa shape index (κ3) is 2.64. The van der Waals surface area contributed by atoms with E-state index in [4.69, 9.17) is 5.11 Å². The van der Waals surface area contributed by atoms with Crippen molar-refractivity contribution in [1.29, 1.82) is 0 Å². The molecule has 1 aliphatic rings. The minimum absolute atomic E-state index is 0.303. The summed E-state index contributed by atoms with van der Waals surface area (Å²) in [6, 6.07) is 2.54. The van der Waals surface area contributed by atoms with E-state index in [2.05, 4.69) is 39.2 Å². The first kappa shape index (κ1) is 12.1. The van der Waals surface area contributed by atoms with Gasteiger partial charge in [0.2, 0.25) is 0 Å². The molecule has 0 spiro atoms. The smallest absolute Gasteiger partial charge is 0.303 e. The fourth-order valence-corrected chi connectivity index (χ4v) is 3.57. The van der Waals surface area contributed by atoms with Crippen molar-refractivity contribution in [2.24, 2.45) is 5.92 Å². The van der Waals surface area contributed by atoms with Gasteiger partial charge in [-0.25, -0.2) is 0 Å². The SMILES string of the molecule is CC(c1cc(Br)cs1)N1CC(CC(=O)O)C1. The van der Waals surface area contributed by atoms with Crippen LogP contribution in [0, 0.1) is 5.92 Å². The van der Waals surface area contributed by atoms with Crippen molar-refractivity contribution in [2.75, 3.05) is 13.1 Å². The Morgan fingerprint density at radius 2 is 2.44 bits per heavy atom. The minimum atomic E-state index is -0.684. The van der Waals surface area contributed by atoms with Crippen LogP contribution in [-0.2, 0) is 4.79 Å². The highest BCUT2D eigenvalue weighted by Gasteiger charge is 2.32. The number of carboxylic acids is 1. The summed E-state index contributed by atoms with van der Waals surface area (Å²) in [5, 5.41) is 10.8. The second kappa shape index (κ2) is 4.85. The van der Waals surface area contributed by atoms with Gasteiger partial charge in [-0.1, -0.05) is 0 Å². The number of rotatable bonds is 4. The lowest BCUT2D eigenvalue weighted by molar-refractivity contribution is -0.139. The molecule has 1 aromatic heterocycles. The first-order chi connectivity index (χ1) is 7.56. The van der Waals surface area contributed by atoms with Crippen LogP contribution in [0.5, 0.6) is 0 Å². The molecule has 1 fully saturated rings. The highest BCUT2D eigenvalue weighted by atomic mass is 79.9. The molecule has 1 saturated heterocycles. The van der Waals surface area contributed by atoms with Gasteiger partial charge in [0.1, 0.15) is 0 Å². The zero-order valence-electron chi connectivity index (χ0n) is 9.02. The predicted molar refractivity (Wildman–Crippen MR) is 67.7 cm³/mol. The number of carbonyl (C=O) groups is 1. The standard InChI is InChI=1S/C11H14BrNO2S/c1-7(10-3-9(12)6-16-10)13-4-8(5-13)2-11(14)15/h3,6-8H,2,4-5H2,1H3,(H,14,15). The lowest BCUT2D eigenvalue weighted by Crippen LogP contribution is -2.48. The van der Waals surface area contributed by atoms with Crippen LogP contribution in [-0.4, -0.2) is 29.1 Å². The van der Waals surface area contributed by atoms with E-state index in [1.807, 2.05) is 0 Å². The number of nitrogens with zero attached hydrogens (tertiary/aromatic N) is 1. The quantitative estimate of drug-likeness (QED) is 0.929. The number of carboxylic acid groups (broad SMARTS) is 1. The summed E-state index contributed by atoms with van der Waals surface area (Å²) in [5.41, 5.74) is 0. The van der Waals surface area contributed by atoms with Crippen molar-refractivity contribution in [2.45, 2.75) is 19.4 Å². The number of likely N-dealkylation sites (tertiary alicyclic amines) is 1. The molecule has 1 aliphatic heterocycles. The lowest BCUT2D eigenvalue weighted by atomic mass is 9.94. The summed E-state index contributed by atoms with van der Waals surface area (Å²) in [6.07, 6.45) is 0.303. The fraction of sp³-hybridized carbons (Fsp3) is 0.545. The largest absolute Gasteiger partial charge is 0.481 e. The second-order valence-corrected chi connectivity index (χ2v) is 6.12. The average Bonchev–Trinajstić information content (AvgIpc) is 2.56. The van der Waals surface area contributed by atoms with Crippen LogP contribution in [0.1, 0.15) is 24.3 Å². The van der Waals surface area contributed by atoms with E-state index in [0.717, 1.165) is 17.6 Å². The molecule has 0 radical (unpaired) electrons. The molecular weight excluding hydrogens is 290 g/mol. The number of thiophene rings is 1. The van der Waals surface area contributed by atoms with Crippen LogP contribution in [0.4, 0.5) is 0 Å². The summed E-state index contributed by atoms with van der Waals surface area (Å²) < 4.78 is 1.13. The summed E-state index contributed by atoms with van der Waals surface area (Å²) in [5.74, 6) is -0.348. The van der Waals surface area contributed by atoms with E-state index in [1.54, 1.807) is 11.3 Å². The number of halogens is 1. The maximum Gasteiger partial charge on any atom is 0.303 e. The predicted octanol–water partition coefficient (Wildman–Crippen LogP) is 2.98. The Kier molecular flexibility index (Phi) is 3.66. The number of hydrogen-bond donors (Lipinski definition) is 1. The summed E-state index contributed by atoms with van der Waals surface area (Å²) >= 11 is 5.19. The molecule has 2 heterocycles. The van der Waals surface area contributed by atoms with Gasteiger partial charge in [0.05, 0.1) is 6.42 Å². The van der Waals surface area contributed by atoms with Crippen molar-refractivity contribution >= 4 is 33.2 Å². The summed E-state index contributed by atoms with van der Waals surface area (Å²) in [4.78, 5) is 14.2. The van der Waals surface area contributed by atoms with Crippen molar-refractivity contribution in [3.63, 3.8) is 0 Å². The third-order valence-electron chi connectivity index (χ3n) is 3.00. The van der Waals surface area contributed by atoms with E-state index in [1.165, 1.54) is 4.88 Å². The number of hydrogen-bond acceptors (Lipinski definition) is 3. The maximum absolute atomic E-state index is 10.5. The molecular formula is C11H14BrNO2S. The minimum Gasteiger partial charge on any atom is -0.481 e. The molecule has 1 unspecified atom stereocenters. The Hall–Kier alpha value is -0.390. The Morgan fingerprint density at radius 3 is 2.94 bits per heavy atom. The first-order valence-electron chi connectivity index (χ1n) is 5.26. The van der Waals surface area contributed by atoms with E-state index in [9.17, 15) is 4.79 Å². The molecule has 16 heavy (non-hydrogen) atoms. The van der Waals surface area contributed by atoms with Crippen molar-refractivity contribution in [3.8, 4) is 0 Å². The second-order valence-electron chi connectivity index (χ2n) is 4.26. The van der Waals surface area contributed by atoms with Crippen molar-refractivity contribution in [3.05, 3.63) is 20.8 Å². The highest BCUT2D eigenvalue weighted by Crippen LogP contribution is 2.34.